The average Bonchev–Trinajstić information content (AvgIpc) is 2.89. The average molecular weight is 400 g/mol. The molecule has 0 N–H and O–H groups in total. The highest BCUT2D eigenvalue weighted by atomic mass is 32.2. The number of carbonyl (C=O) groups excluding carboxylic acids is 1. The Hall–Kier alpha value is -2.31. The maximum absolute atomic E-state index is 12.0. The van der Waals surface area contributed by atoms with Crippen molar-refractivity contribution in [1.82, 2.24) is 4.90 Å². The zero-order valence-electron chi connectivity index (χ0n) is 15.5. The maximum Gasteiger partial charge on any atom is 0.265 e. The number of likely N-dealkylation sites (N-methyl/N-ethyl adjacent to an activating group) is 1. The maximum atomic E-state index is 12.0. The summed E-state index contributed by atoms with van der Waals surface area (Å²) in [6.45, 7) is 5.01. The van der Waals surface area contributed by atoms with Crippen LogP contribution in [0.1, 0.15) is 16.7 Å². The van der Waals surface area contributed by atoms with Crippen molar-refractivity contribution in [3.05, 3.63) is 64.1 Å². The highest BCUT2D eigenvalue weighted by molar-refractivity contribution is 8.26. The smallest absolute Gasteiger partial charge is 0.265 e. The summed E-state index contributed by atoms with van der Waals surface area (Å²) in [5.74, 6) is 1.59. The summed E-state index contributed by atoms with van der Waals surface area (Å²) in [6, 6.07) is 13.8. The Morgan fingerprint density at radius 2 is 1.78 bits per heavy atom. The van der Waals surface area contributed by atoms with E-state index in [1.807, 2.05) is 50.3 Å². The largest absolute Gasteiger partial charge is 0.490 e. The molecule has 0 bridgehead atoms. The van der Waals surface area contributed by atoms with Crippen LogP contribution in [0.3, 0.4) is 0 Å². The number of nitrogens with zero attached hydrogens (tertiary/aromatic N) is 1. The van der Waals surface area contributed by atoms with Gasteiger partial charge in [0.15, 0.2) is 0 Å². The summed E-state index contributed by atoms with van der Waals surface area (Å²) in [6.07, 6.45) is 1.84. The number of thiocarbonyl (C=S) groups is 1. The molecule has 1 saturated heterocycles. The first-order valence-corrected chi connectivity index (χ1v) is 9.81. The summed E-state index contributed by atoms with van der Waals surface area (Å²) >= 11 is 6.46. The van der Waals surface area contributed by atoms with Crippen molar-refractivity contribution < 1.29 is 14.3 Å². The van der Waals surface area contributed by atoms with E-state index in [0.717, 1.165) is 22.6 Å². The Bertz CT molecular complexity index is 891. The molecule has 1 amide bonds. The zero-order chi connectivity index (χ0) is 19.4. The van der Waals surface area contributed by atoms with Crippen LogP contribution < -0.4 is 9.47 Å². The number of ether oxygens (including phenoxy) is 2. The lowest BCUT2D eigenvalue weighted by atomic mass is 10.1. The quantitative estimate of drug-likeness (QED) is 0.403. The van der Waals surface area contributed by atoms with E-state index in [1.165, 1.54) is 22.2 Å². The third-order valence-electron chi connectivity index (χ3n) is 4.12. The third-order valence-corrected chi connectivity index (χ3v) is 5.60. The second-order valence-electron chi connectivity index (χ2n) is 6.28. The molecular formula is C21H21NO3S2. The molecule has 2 aromatic rings. The molecule has 2 aromatic carbocycles. The van der Waals surface area contributed by atoms with Gasteiger partial charge < -0.3 is 9.47 Å². The van der Waals surface area contributed by atoms with Crippen LogP contribution in [0.15, 0.2) is 47.4 Å². The number of benzene rings is 2. The van der Waals surface area contributed by atoms with Gasteiger partial charge in [-0.15, -0.1) is 0 Å². The van der Waals surface area contributed by atoms with Crippen molar-refractivity contribution in [3.8, 4) is 11.5 Å². The number of rotatable bonds is 6. The zero-order valence-corrected chi connectivity index (χ0v) is 17.2. The lowest BCUT2D eigenvalue weighted by Crippen LogP contribution is -2.22. The molecule has 0 unspecified atom stereocenters. The Labute approximate surface area is 169 Å². The molecule has 1 fully saturated rings. The molecule has 0 aliphatic carbocycles. The van der Waals surface area contributed by atoms with E-state index in [2.05, 4.69) is 12.1 Å². The summed E-state index contributed by atoms with van der Waals surface area (Å²) in [5.41, 5.74) is 3.22. The molecule has 0 aromatic heterocycles. The van der Waals surface area contributed by atoms with Crippen molar-refractivity contribution in [3.63, 3.8) is 0 Å². The van der Waals surface area contributed by atoms with Crippen LogP contribution in [0.5, 0.6) is 11.5 Å². The van der Waals surface area contributed by atoms with Gasteiger partial charge in [-0.3, -0.25) is 9.69 Å². The number of amides is 1. The summed E-state index contributed by atoms with van der Waals surface area (Å²) in [4.78, 5) is 14.2. The standard InChI is InChI=1S/C21H21NO3S2/c1-14-4-5-15(2)18(12-14)25-11-10-24-17-8-6-16(7-9-17)13-19-20(23)22(3)21(26)27-19/h4-9,12-13H,10-11H2,1-3H3/b19-13+. The van der Waals surface area contributed by atoms with Crippen molar-refractivity contribution >= 4 is 40.3 Å². The Kier molecular flexibility index (Phi) is 6.19. The van der Waals surface area contributed by atoms with E-state index in [4.69, 9.17) is 21.7 Å². The van der Waals surface area contributed by atoms with Crippen molar-refractivity contribution in [1.29, 1.82) is 0 Å². The van der Waals surface area contributed by atoms with Gasteiger partial charge in [0, 0.05) is 7.05 Å². The first-order valence-electron chi connectivity index (χ1n) is 8.58. The number of thioether (sulfide) groups is 1. The van der Waals surface area contributed by atoms with Gasteiger partial charge in [0.2, 0.25) is 0 Å². The fourth-order valence-electron chi connectivity index (χ4n) is 2.53. The van der Waals surface area contributed by atoms with Gasteiger partial charge in [-0.2, -0.15) is 0 Å². The van der Waals surface area contributed by atoms with Crippen LogP contribution >= 0.6 is 24.0 Å². The minimum absolute atomic E-state index is 0.0612. The Morgan fingerprint density at radius 3 is 2.44 bits per heavy atom. The number of hydrogen-bond acceptors (Lipinski definition) is 5. The number of carbonyl (C=O) groups is 1. The highest BCUT2D eigenvalue weighted by Crippen LogP contribution is 2.31. The van der Waals surface area contributed by atoms with Crippen molar-refractivity contribution in [2.45, 2.75) is 13.8 Å². The van der Waals surface area contributed by atoms with Crippen LogP contribution in [-0.2, 0) is 4.79 Å². The molecule has 6 heteroatoms. The van der Waals surface area contributed by atoms with Crippen LogP contribution in [0.25, 0.3) is 6.08 Å². The van der Waals surface area contributed by atoms with Gasteiger partial charge >= 0.3 is 0 Å². The fraction of sp³-hybridized carbons (Fsp3) is 0.238. The molecular weight excluding hydrogens is 378 g/mol. The summed E-state index contributed by atoms with van der Waals surface area (Å²) < 4.78 is 12.1. The molecule has 3 rings (SSSR count). The van der Waals surface area contributed by atoms with Gasteiger partial charge in [-0.05, 0) is 54.8 Å². The molecule has 1 aliphatic heterocycles. The number of aryl methyl sites for hydroxylation is 2. The number of hydrogen-bond donors (Lipinski definition) is 0. The van der Waals surface area contributed by atoms with Gasteiger partial charge in [0.1, 0.15) is 29.0 Å². The van der Waals surface area contributed by atoms with E-state index in [-0.39, 0.29) is 5.91 Å². The monoisotopic (exact) mass is 399 g/mol. The molecule has 0 radical (unpaired) electrons. The van der Waals surface area contributed by atoms with Gasteiger partial charge in [-0.1, -0.05) is 48.2 Å². The molecule has 27 heavy (non-hydrogen) atoms. The molecule has 140 valence electrons. The molecule has 0 atom stereocenters. The van der Waals surface area contributed by atoms with Gasteiger partial charge in [-0.25, -0.2) is 0 Å². The normalized spacial score (nSPS) is 15.5. The molecule has 0 spiro atoms. The second kappa shape index (κ2) is 8.59. The topological polar surface area (TPSA) is 38.8 Å². The minimum atomic E-state index is -0.0612. The van der Waals surface area contributed by atoms with E-state index < -0.39 is 0 Å². The van der Waals surface area contributed by atoms with Crippen LogP contribution in [0.2, 0.25) is 0 Å². The Morgan fingerprint density at radius 1 is 1.07 bits per heavy atom. The molecule has 4 nitrogen and oxygen atoms in total. The van der Waals surface area contributed by atoms with Gasteiger partial charge in [0.25, 0.3) is 5.91 Å². The molecule has 1 aliphatic rings. The van der Waals surface area contributed by atoms with Gasteiger partial charge in [0.05, 0.1) is 4.91 Å². The van der Waals surface area contributed by atoms with E-state index in [9.17, 15) is 4.79 Å². The minimum Gasteiger partial charge on any atom is -0.490 e. The molecule has 1 heterocycles. The van der Waals surface area contributed by atoms with Crippen LogP contribution in [-0.4, -0.2) is 35.4 Å². The fourth-order valence-corrected chi connectivity index (χ4v) is 3.71. The Balaban J connectivity index is 1.52. The predicted octanol–water partition coefficient (Wildman–Crippen LogP) is 4.59. The second-order valence-corrected chi connectivity index (χ2v) is 7.95. The first-order chi connectivity index (χ1) is 12.9. The van der Waals surface area contributed by atoms with E-state index in [1.54, 1.807) is 7.05 Å². The molecule has 0 saturated carbocycles. The van der Waals surface area contributed by atoms with Crippen LogP contribution in [0.4, 0.5) is 0 Å². The van der Waals surface area contributed by atoms with Crippen molar-refractivity contribution in [2.75, 3.05) is 20.3 Å². The predicted molar refractivity (Wildman–Crippen MR) is 114 cm³/mol. The van der Waals surface area contributed by atoms with E-state index in [0.29, 0.717) is 22.4 Å². The lowest BCUT2D eigenvalue weighted by Gasteiger charge is -2.11. The summed E-state index contributed by atoms with van der Waals surface area (Å²) in [7, 11) is 1.69. The van der Waals surface area contributed by atoms with Crippen LogP contribution in [0, 0.1) is 13.8 Å². The summed E-state index contributed by atoms with van der Waals surface area (Å²) in [5, 5.41) is 0. The van der Waals surface area contributed by atoms with E-state index >= 15 is 0 Å². The highest BCUT2D eigenvalue weighted by Gasteiger charge is 2.28. The first kappa shape index (κ1) is 19.5. The third kappa shape index (κ3) is 4.90. The lowest BCUT2D eigenvalue weighted by molar-refractivity contribution is -0.121. The SMILES string of the molecule is Cc1ccc(C)c(OCCOc2ccc(/C=C3/SC(=S)N(C)C3=O)cc2)c1. The van der Waals surface area contributed by atoms with Crippen molar-refractivity contribution in [2.24, 2.45) is 0 Å².